The maximum absolute atomic E-state index is 2.34. The molecular weight excluding hydrogens is 316 g/mol. The number of hydrogen-bond acceptors (Lipinski definition) is 2. The molecule has 116 valence electrons. The standard InChI is InChI=1S/C21H20S2/c1-21(17-18-11-5-2-6-12-18,22-19-13-7-3-8-14-19)23-20-15-9-4-10-16-20/h2-16H,17H2,1H3. The predicted octanol–water partition coefficient (Wildman–Crippen LogP) is 6.53. The van der Waals surface area contributed by atoms with Gasteiger partial charge in [-0.2, -0.15) is 0 Å². The summed E-state index contributed by atoms with van der Waals surface area (Å²) in [5, 5.41) is 0. The number of rotatable bonds is 6. The van der Waals surface area contributed by atoms with Gasteiger partial charge >= 0.3 is 0 Å². The lowest BCUT2D eigenvalue weighted by Crippen LogP contribution is -2.18. The van der Waals surface area contributed by atoms with Crippen LogP contribution in [0.4, 0.5) is 0 Å². The number of thioether (sulfide) groups is 2. The van der Waals surface area contributed by atoms with Crippen LogP contribution in [0.5, 0.6) is 0 Å². The van der Waals surface area contributed by atoms with E-state index >= 15 is 0 Å². The molecule has 0 atom stereocenters. The van der Waals surface area contributed by atoms with Crippen molar-refractivity contribution in [2.45, 2.75) is 27.2 Å². The van der Waals surface area contributed by atoms with E-state index in [1.807, 2.05) is 23.5 Å². The molecule has 0 amide bonds. The molecule has 3 rings (SSSR count). The van der Waals surface area contributed by atoms with E-state index in [1.54, 1.807) is 0 Å². The highest BCUT2D eigenvalue weighted by molar-refractivity contribution is 8.18. The van der Waals surface area contributed by atoms with Crippen LogP contribution in [0.15, 0.2) is 101 Å². The normalized spacial score (nSPS) is 11.3. The molecule has 0 radical (unpaired) electrons. The molecule has 0 aliphatic heterocycles. The first-order valence-electron chi connectivity index (χ1n) is 7.76. The highest BCUT2D eigenvalue weighted by Gasteiger charge is 2.27. The minimum atomic E-state index is 0.0457. The largest absolute Gasteiger partial charge is 0.108 e. The Morgan fingerprint density at radius 1 is 0.609 bits per heavy atom. The second-order valence-electron chi connectivity index (χ2n) is 5.63. The second kappa shape index (κ2) is 7.76. The molecule has 0 aromatic heterocycles. The first-order chi connectivity index (χ1) is 11.2. The van der Waals surface area contributed by atoms with Crippen molar-refractivity contribution in [1.82, 2.24) is 0 Å². The Morgan fingerprint density at radius 2 is 1.00 bits per heavy atom. The third-order valence-corrected chi connectivity index (χ3v) is 6.19. The Morgan fingerprint density at radius 3 is 1.43 bits per heavy atom. The van der Waals surface area contributed by atoms with Crippen LogP contribution >= 0.6 is 23.5 Å². The van der Waals surface area contributed by atoms with Gasteiger partial charge in [0.25, 0.3) is 0 Å². The molecule has 0 fully saturated rings. The predicted molar refractivity (Wildman–Crippen MR) is 103 cm³/mol. The molecule has 0 aliphatic carbocycles. The lowest BCUT2D eigenvalue weighted by molar-refractivity contribution is 0.878. The highest BCUT2D eigenvalue weighted by atomic mass is 32.2. The Bertz CT molecular complexity index is 607. The summed E-state index contributed by atoms with van der Waals surface area (Å²) in [6.45, 7) is 2.34. The zero-order chi connectivity index (χ0) is 16.0. The minimum Gasteiger partial charge on any atom is -0.108 e. The van der Waals surface area contributed by atoms with Crippen molar-refractivity contribution in [3.05, 3.63) is 96.6 Å². The van der Waals surface area contributed by atoms with Gasteiger partial charge in [0.2, 0.25) is 0 Å². The Hall–Kier alpha value is -1.64. The van der Waals surface area contributed by atoms with Crippen LogP contribution in [0.2, 0.25) is 0 Å². The molecule has 23 heavy (non-hydrogen) atoms. The Kier molecular flexibility index (Phi) is 5.47. The minimum absolute atomic E-state index is 0.0457. The summed E-state index contributed by atoms with van der Waals surface area (Å²) in [5.74, 6) is 0. The van der Waals surface area contributed by atoms with Gasteiger partial charge in [-0.25, -0.2) is 0 Å². The molecule has 0 N–H and O–H groups in total. The van der Waals surface area contributed by atoms with Gasteiger partial charge in [-0.1, -0.05) is 66.7 Å². The second-order valence-corrected chi connectivity index (χ2v) is 9.04. The van der Waals surface area contributed by atoms with Crippen LogP contribution in [0, 0.1) is 0 Å². The van der Waals surface area contributed by atoms with Gasteiger partial charge in [-0.05, 0) is 43.2 Å². The van der Waals surface area contributed by atoms with Crippen LogP contribution < -0.4 is 0 Å². The third kappa shape index (κ3) is 4.92. The van der Waals surface area contributed by atoms with E-state index in [-0.39, 0.29) is 4.08 Å². The molecule has 3 aromatic rings. The van der Waals surface area contributed by atoms with E-state index in [9.17, 15) is 0 Å². The van der Waals surface area contributed by atoms with Gasteiger partial charge in [-0.3, -0.25) is 0 Å². The van der Waals surface area contributed by atoms with Gasteiger partial charge in [0, 0.05) is 9.79 Å². The van der Waals surface area contributed by atoms with Crippen LogP contribution in [0.1, 0.15) is 12.5 Å². The van der Waals surface area contributed by atoms with Crippen molar-refractivity contribution < 1.29 is 0 Å². The van der Waals surface area contributed by atoms with Crippen molar-refractivity contribution in [1.29, 1.82) is 0 Å². The third-order valence-electron chi connectivity index (χ3n) is 3.52. The van der Waals surface area contributed by atoms with Gasteiger partial charge in [-0.15, -0.1) is 23.5 Å². The molecule has 0 unspecified atom stereocenters. The van der Waals surface area contributed by atoms with E-state index in [2.05, 4.69) is 97.9 Å². The fraction of sp³-hybridized carbons (Fsp3) is 0.143. The van der Waals surface area contributed by atoms with Crippen LogP contribution in [0.25, 0.3) is 0 Å². The van der Waals surface area contributed by atoms with Gasteiger partial charge in [0.05, 0.1) is 4.08 Å². The zero-order valence-electron chi connectivity index (χ0n) is 13.2. The van der Waals surface area contributed by atoms with Crippen molar-refractivity contribution in [3.8, 4) is 0 Å². The lowest BCUT2D eigenvalue weighted by atomic mass is 10.1. The summed E-state index contributed by atoms with van der Waals surface area (Å²) in [6.07, 6.45) is 1.02. The molecule has 0 saturated carbocycles. The average molecular weight is 337 g/mol. The van der Waals surface area contributed by atoms with Crippen molar-refractivity contribution in [2.75, 3.05) is 0 Å². The van der Waals surface area contributed by atoms with Gasteiger partial charge < -0.3 is 0 Å². The molecule has 0 bridgehead atoms. The number of benzene rings is 3. The van der Waals surface area contributed by atoms with Gasteiger partial charge in [0.15, 0.2) is 0 Å². The maximum Gasteiger partial charge on any atom is 0.0717 e. The summed E-state index contributed by atoms with van der Waals surface area (Å²) in [6, 6.07) is 32.1. The van der Waals surface area contributed by atoms with Crippen LogP contribution in [0.3, 0.4) is 0 Å². The summed E-state index contributed by atoms with van der Waals surface area (Å²) < 4.78 is 0.0457. The first-order valence-corrected chi connectivity index (χ1v) is 9.39. The molecule has 3 aromatic carbocycles. The zero-order valence-corrected chi connectivity index (χ0v) is 14.8. The molecule has 0 heterocycles. The molecule has 0 saturated heterocycles. The monoisotopic (exact) mass is 336 g/mol. The van der Waals surface area contributed by atoms with Crippen LogP contribution in [-0.2, 0) is 6.42 Å². The van der Waals surface area contributed by atoms with Crippen molar-refractivity contribution in [2.24, 2.45) is 0 Å². The summed E-state index contributed by atoms with van der Waals surface area (Å²) >= 11 is 3.89. The van der Waals surface area contributed by atoms with Crippen molar-refractivity contribution >= 4 is 23.5 Å². The molecule has 0 spiro atoms. The summed E-state index contributed by atoms with van der Waals surface area (Å²) in [4.78, 5) is 2.63. The molecular formula is C21H20S2. The molecule has 0 nitrogen and oxygen atoms in total. The average Bonchev–Trinajstić information content (AvgIpc) is 2.57. The lowest BCUT2D eigenvalue weighted by Gasteiger charge is -2.29. The SMILES string of the molecule is CC(Cc1ccccc1)(Sc1ccccc1)Sc1ccccc1. The van der Waals surface area contributed by atoms with Crippen molar-refractivity contribution in [3.63, 3.8) is 0 Å². The summed E-state index contributed by atoms with van der Waals surface area (Å²) in [7, 11) is 0. The van der Waals surface area contributed by atoms with E-state index in [0.29, 0.717) is 0 Å². The van der Waals surface area contributed by atoms with Crippen LogP contribution in [-0.4, -0.2) is 4.08 Å². The highest BCUT2D eigenvalue weighted by Crippen LogP contribution is 2.47. The van der Waals surface area contributed by atoms with E-state index in [0.717, 1.165) is 6.42 Å². The quantitative estimate of drug-likeness (QED) is 0.371. The first kappa shape index (κ1) is 16.2. The molecule has 0 aliphatic rings. The smallest absolute Gasteiger partial charge is 0.0717 e. The summed E-state index contributed by atoms with van der Waals surface area (Å²) in [5.41, 5.74) is 1.38. The van der Waals surface area contributed by atoms with E-state index in [4.69, 9.17) is 0 Å². The fourth-order valence-corrected chi connectivity index (χ4v) is 5.34. The topological polar surface area (TPSA) is 0 Å². The van der Waals surface area contributed by atoms with E-state index in [1.165, 1.54) is 15.4 Å². The Balaban J connectivity index is 1.85. The van der Waals surface area contributed by atoms with E-state index < -0.39 is 0 Å². The molecule has 2 heteroatoms. The number of hydrogen-bond donors (Lipinski definition) is 0. The maximum atomic E-state index is 2.34. The van der Waals surface area contributed by atoms with Gasteiger partial charge in [0.1, 0.15) is 0 Å². The Labute approximate surface area is 147 Å². The fourth-order valence-electron chi connectivity index (χ4n) is 2.54.